The highest BCUT2D eigenvalue weighted by Crippen LogP contribution is 2.25. The lowest BCUT2D eigenvalue weighted by molar-refractivity contribution is 0.175. The summed E-state index contributed by atoms with van der Waals surface area (Å²) >= 11 is 0. The Hall–Kier alpha value is -0.860. The highest BCUT2D eigenvalue weighted by molar-refractivity contribution is 5.35. The smallest absolute Gasteiger partial charge is 0.0518 e. The van der Waals surface area contributed by atoms with Crippen molar-refractivity contribution in [2.24, 2.45) is 5.73 Å². The van der Waals surface area contributed by atoms with Gasteiger partial charge in [0.1, 0.15) is 0 Å². The third-order valence-electron chi connectivity index (χ3n) is 3.00. The fraction of sp³-hybridized carbons (Fsp3) is 0.538. The van der Waals surface area contributed by atoms with Crippen LogP contribution in [0.15, 0.2) is 18.2 Å². The average molecular weight is 207 g/mol. The minimum atomic E-state index is -0.293. The third-order valence-corrected chi connectivity index (χ3v) is 3.00. The van der Waals surface area contributed by atoms with Gasteiger partial charge in [-0.25, -0.2) is 0 Å². The number of aryl methyl sites for hydroxylation is 1. The first-order valence-corrected chi connectivity index (χ1v) is 5.50. The molecule has 0 bridgehead atoms. The van der Waals surface area contributed by atoms with Crippen molar-refractivity contribution in [1.82, 2.24) is 0 Å². The number of benzene rings is 1. The molecule has 0 aliphatic heterocycles. The van der Waals surface area contributed by atoms with E-state index < -0.39 is 0 Å². The molecule has 0 aliphatic rings. The van der Waals surface area contributed by atoms with E-state index >= 15 is 0 Å². The lowest BCUT2D eigenvalue weighted by Crippen LogP contribution is -2.18. The second kappa shape index (κ2) is 5.29. The minimum Gasteiger partial charge on any atom is -0.393 e. The van der Waals surface area contributed by atoms with Gasteiger partial charge < -0.3 is 10.8 Å². The standard InChI is InChI=1S/C13H21NO/c1-9-5-4-6-13(11(9)3)12(8-14)7-10(2)15/h4-6,10,12,15H,7-8,14H2,1-3H3. The first kappa shape index (κ1) is 12.2. The molecule has 84 valence electrons. The number of hydrogen-bond acceptors (Lipinski definition) is 2. The van der Waals surface area contributed by atoms with Gasteiger partial charge in [0.05, 0.1) is 6.10 Å². The molecule has 2 heteroatoms. The predicted octanol–water partition coefficient (Wildman–Crippen LogP) is 2.12. The van der Waals surface area contributed by atoms with Gasteiger partial charge in [-0.2, -0.15) is 0 Å². The Morgan fingerprint density at radius 2 is 2.00 bits per heavy atom. The van der Waals surface area contributed by atoms with Crippen molar-refractivity contribution >= 4 is 0 Å². The largest absolute Gasteiger partial charge is 0.393 e. The Balaban J connectivity index is 2.96. The molecule has 0 saturated carbocycles. The van der Waals surface area contributed by atoms with E-state index in [0.29, 0.717) is 6.54 Å². The maximum Gasteiger partial charge on any atom is 0.0518 e. The second-order valence-electron chi connectivity index (χ2n) is 4.31. The van der Waals surface area contributed by atoms with Crippen molar-refractivity contribution in [3.63, 3.8) is 0 Å². The Bertz CT molecular complexity index is 320. The van der Waals surface area contributed by atoms with Gasteiger partial charge in [-0.15, -0.1) is 0 Å². The lowest BCUT2D eigenvalue weighted by Gasteiger charge is -2.20. The zero-order valence-corrected chi connectivity index (χ0v) is 9.83. The lowest BCUT2D eigenvalue weighted by atomic mass is 9.88. The number of hydrogen-bond donors (Lipinski definition) is 2. The maximum atomic E-state index is 9.42. The summed E-state index contributed by atoms with van der Waals surface area (Å²) < 4.78 is 0. The predicted molar refractivity (Wildman–Crippen MR) is 64.0 cm³/mol. The molecule has 0 heterocycles. The Morgan fingerprint density at radius 1 is 1.33 bits per heavy atom. The van der Waals surface area contributed by atoms with Gasteiger partial charge in [0.15, 0.2) is 0 Å². The van der Waals surface area contributed by atoms with Gasteiger partial charge in [0, 0.05) is 0 Å². The first-order chi connectivity index (χ1) is 7.06. The zero-order valence-electron chi connectivity index (χ0n) is 9.83. The van der Waals surface area contributed by atoms with Crippen molar-refractivity contribution in [3.8, 4) is 0 Å². The summed E-state index contributed by atoms with van der Waals surface area (Å²) in [5.41, 5.74) is 9.63. The van der Waals surface area contributed by atoms with Crippen molar-refractivity contribution in [1.29, 1.82) is 0 Å². The van der Waals surface area contributed by atoms with Crippen LogP contribution in [0.1, 0.15) is 36.0 Å². The van der Waals surface area contributed by atoms with E-state index in [9.17, 15) is 5.11 Å². The molecule has 1 aromatic rings. The fourth-order valence-corrected chi connectivity index (χ4v) is 1.98. The molecule has 3 N–H and O–H groups in total. The monoisotopic (exact) mass is 207 g/mol. The van der Waals surface area contributed by atoms with E-state index in [1.54, 1.807) is 0 Å². The van der Waals surface area contributed by atoms with Gasteiger partial charge in [-0.3, -0.25) is 0 Å². The zero-order chi connectivity index (χ0) is 11.4. The Kier molecular flexibility index (Phi) is 4.30. The Labute approximate surface area is 92.1 Å². The van der Waals surface area contributed by atoms with Crippen LogP contribution in [0.2, 0.25) is 0 Å². The van der Waals surface area contributed by atoms with Crippen LogP contribution in [0, 0.1) is 13.8 Å². The molecule has 0 amide bonds. The molecule has 0 aromatic heterocycles. The second-order valence-corrected chi connectivity index (χ2v) is 4.31. The van der Waals surface area contributed by atoms with Crippen molar-refractivity contribution in [2.75, 3.05) is 6.54 Å². The maximum absolute atomic E-state index is 9.42. The van der Waals surface area contributed by atoms with Crippen LogP contribution in [0.3, 0.4) is 0 Å². The molecule has 1 rings (SSSR count). The Morgan fingerprint density at radius 3 is 2.53 bits per heavy atom. The molecule has 0 saturated heterocycles. The molecule has 2 unspecified atom stereocenters. The molecule has 2 nitrogen and oxygen atoms in total. The number of aliphatic hydroxyl groups excluding tert-OH is 1. The van der Waals surface area contributed by atoms with Crippen LogP contribution in [-0.2, 0) is 0 Å². The van der Waals surface area contributed by atoms with E-state index in [1.165, 1.54) is 16.7 Å². The van der Waals surface area contributed by atoms with Gasteiger partial charge in [0.2, 0.25) is 0 Å². The highest BCUT2D eigenvalue weighted by atomic mass is 16.3. The first-order valence-electron chi connectivity index (χ1n) is 5.50. The summed E-state index contributed by atoms with van der Waals surface area (Å²) in [5, 5.41) is 9.42. The van der Waals surface area contributed by atoms with Crippen LogP contribution in [0.4, 0.5) is 0 Å². The minimum absolute atomic E-state index is 0.268. The molecule has 1 aromatic carbocycles. The van der Waals surface area contributed by atoms with E-state index in [1.807, 2.05) is 6.92 Å². The molecule has 0 radical (unpaired) electrons. The molecule has 0 aliphatic carbocycles. The van der Waals surface area contributed by atoms with Crippen LogP contribution in [-0.4, -0.2) is 17.8 Å². The molecular weight excluding hydrogens is 186 g/mol. The SMILES string of the molecule is Cc1cccc(C(CN)CC(C)O)c1C. The summed E-state index contributed by atoms with van der Waals surface area (Å²) in [7, 11) is 0. The van der Waals surface area contributed by atoms with Crippen molar-refractivity contribution in [2.45, 2.75) is 39.2 Å². The summed E-state index contributed by atoms with van der Waals surface area (Å²) in [4.78, 5) is 0. The quantitative estimate of drug-likeness (QED) is 0.794. The topological polar surface area (TPSA) is 46.2 Å². The number of aliphatic hydroxyl groups is 1. The normalized spacial score (nSPS) is 15.0. The molecule has 15 heavy (non-hydrogen) atoms. The highest BCUT2D eigenvalue weighted by Gasteiger charge is 2.15. The van der Waals surface area contributed by atoms with Crippen LogP contribution in [0.25, 0.3) is 0 Å². The summed E-state index contributed by atoms with van der Waals surface area (Å²) in [6, 6.07) is 6.28. The molecule has 2 atom stereocenters. The molecular formula is C13H21NO. The van der Waals surface area contributed by atoms with Crippen molar-refractivity contribution < 1.29 is 5.11 Å². The van der Waals surface area contributed by atoms with Gasteiger partial charge in [-0.1, -0.05) is 18.2 Å². The number of nitrogens with two attached hydrogens (primary N) is 1. The third kappa shape index (κ3) is 3.05. The molecule has 0 fully saturated rings. The summed E-state index contributed by atoms with van der Waals surface area (Å²) in [6.45, 7) is 6.63. The van der Waals surface area contributed by atoms with Gasteiger partial charge in [0.25, 0.3) is 0 Å². The molecule has 0 spiro atoms. The fourth-order valence-electron chi connectivity index (χ4n) is 1.98. The van der Waals surface area contributed by atoms with Crippen LogP contribution < -0.4 is 5.73 Å². The van der Waals surface area contributed by atoms with E-state index in [0.717, 1.165) is 6.42 Å². The summed E-state index contributed by atoms with van der Waals surface area (Å²) in [6.07, 6.45) is 0.444. The van der Waals surface area contributed by atoms with Crippen LogP contribution >= 0.6 is 0 Å². The van der Waals surface area contributed by atoms with Crippen LogP contribution in [0.5, 0.6) is 0 Å². The summed E-state index contributed by atoms with van der Waals surface area (Å²) in [5.74, 6) is 0.268. The van der Waals surface area contributed by atoms with Gasteiger partial charge in [-0.05, 0) is 56.3 Å². The number of rotatable bonds is 4. The van der Waals surface area contributed by atoms with E-state index in [2.05, 4.69) is 32.0 Å². The van der Waals surface area contributed by atoms with Gasteiger partial charge >= 0.3 is 0 Å². The van der Waals surface area contributed by atoms with Crippen molar-refractivity contribution in [3.05, 3.63) is 34.9 Å². The average Bonchev–Trinajstić information content (AvgIpc) is 2.19. The van der Waals surface area contributed by atoms with E-state index in [4.69, 9.17) is 5.73 Å². The van der Waals surface area contributed by atoms with E-state index in [-0.39, 0.29) is 12.0 Å².